The maximum absolute atomic E-state index is 13.9. The van der Waals surface area contributed by atoms with Gasteiger partial charge in [0.05, 0.1) is 11.2 Å². The van der Waals surface area contributed by atoms with Crippen LogP contribution in [0.3, 0.4) is 0 Å². The van der Waals surface area contributed by atoms with Gasteiger partial charge < -0.3 is 14.8 Å². The van der Waals surface area contributed by atoms with Crippen molar-refractivity contribution in [3.8, 4) is 0 Å². The van der Waals surface area contributed by atoms with Crippen LogP contribution in [0.25, 0.3) is 10.9 Å². The van der Waals surface area contributed by atoms with Crippen LogP contribution in [0.5, 0.6) is 0 Å². The van der Waals surface area contributed by atoms with E-state index in [9.17, 15) is 14.0 Å². The molecule has 3 aromatic rings. The zero-order valence-corrected chi connectivity index (χ0v) is 16.0. The second-order valence-electron chi connectivity index (χ2n) is 7.18. The first kappa shape index (κ1) is 18.2. The lowest BCUT2D eigenvalue weighted by Gasteiger charge is -2.18. The van der Waals surface area contributed by atoms with E-state index in [4.69, 9.17) is 0 Å². The van der Waals surface area contributed by atoms with Gasteiger partial charge in [-0.05, 0) is 42.7 Å². The van der Waals surface area contributed by atoms with Gasteiger partial charge in [-0.25, -0.2) is 4.39 Å². The first-order chi connectivity index (χ1) is 13.5. The van der Waals surface area contributed by atoms with Gasteiger partial charge in [-0.2, -0.15) is 0 Å². The number of aromatic nitrogens is 1. The minimum atomic E-state index is -0.391. The Hall–Kier alpha value is -3.15. The summed E-state index contributed by atoms with van der Waals surface area (Å²) in [6, 6.07) is 12.3. The molecular formula is C22H22FN3O2. The molecule has 1 N–H and O–H groups in total. The Balaban J connectivity index is 1.77. The van der Waals surface area contributed by atoms with Crippen molar-refractivity contribution in [1.82, 2.24) is 9.88 Å². The van der Waals surface area contributed by atoms with E-state index < -0.39 is 5.82 Å². The van der Waals surface area contributed by atoms with Crippen LogP contribution in [0, 0.1) is 12.7 Å². The van der Waals surface area contributed by atoms with Crippen LogP contribution in [0.1, 0.15) is 34.5 Å². The number of carbonyl (C=O) groups excluding carboxylic acids is 2. The lowest BCUT2D eigenvalue weighted by molar-refractivity contribution is -0.117. The van der Waals surface area contributed by atoms with Crippen LogP contribution in [0.15, 0.2) is 42.5 Å². The van der Waals surface area contributed by atoms with Crippen molar-refractivity contribution >= 4 is 28.4 Å². The van der Waals surface area contributed by atoms with E-state index >= 15 is 0 Å². The van der Waals surface area contributed by atoms with Gasteiger partial charge >= 0.3 is 0 Å². The van der Waals surface area contributed by atoms with Crippen molar-refractivity contribution in [2.75, 3.05) is 11.4 Å². The second kappa shape index (κ2) is 7.11. The molecule has 1 fully saturated rings. The van der Waals surface area contributed by atoms with Crippen LogP contribution >= 0.6 is 0 Å². The zero-order chi connectivity index (χ0) is 19.8. The van der Waals surface area contributed by atoms with E-state index in [1.165, 1.54) is 12.1 Å². The lowest BCUT2D eigenvalue weighted by Crippen LogP contribution is -2.30. The van der Waals surface area contributed by atoms with Crippen molar-refractivity contribution in [2.45, 2.75) is 26.3 Å². The number of amides is 2. The Kier molecular flexibility index (Phi) is 4.63. The molecule has 0 atom stereocenters. The van der Waals surface area contributed by atoms with Crippen molar-refractivity contribution in [2.24, 2.45) is 7.05 Å². The van der Waals surface area contributed by atoms with Crippen molar-refractivity contribution in [1.29, 1.82) is 0 Å². The Morgan fingerprint density at radius 3 is 2.71 bits per heavy atom. The molecule has 0 spiro atoms. The van der Waals surface area contributed by atoms with E-state index in [0.717, 1.165) is 23.1 Å². The first-order valence-electron chi connectivity index (χ1n) is 9.38. The molecule has 6 heteroatoms. The van der Waals surface area contributed by atoms with Crippen LogP contribution in [-0.4, -0.2) is 22.9 Å². The number of aryl methyl sites for hydroxylation is 2. The molecule has 28 heavy (non-hydrogen) atoms. The van der Waals surface area contributed by atoms with Gasteiger partial charge in [0.25, 0.3) is 5.91 Å². The van der Waals surface area contributed by atoms with Gasteiger partial charge in [-0.1, -0.05) is 24.3 Å². The predicted octanol–water partition coefficient (Wildman–Crippen LogP) is 3.68. The molecule has 1 aliphatic heterocycles. The topological polar surface area (TPSA) is 54.3 Å². The summed E-state index contributed by atoms with van der Waals surface area (Å²) in [6.45, 7) is 2.91. The number of anilines is 1. The van der Waals surface area contributed by atoms with E-state index in [1.807, 2.05) is 31.2 Å². The summed E-state index contributed by atoms with van der Waals surface area (Å²) in [4.78, 5) is 27.1. The number of carbonyl (C=O) groups is 2. The molecule has 4 rings (SSSR count). The Labute approximate surface area is 162 Å². The van der Waals surface area contributed by atoms with Gasteiger partial charge in [0.2, 0.25) is 5.91 Å². The van der Waals surface area contributed by atoms with Crippen LogP contribution in [0.2, 0.25) is 0 Å². The van der Waals surface area contributed by atoms with E-state index in [2.05, 4.69) is 5.32 Å². The number of benzene rings is 2. The summed E-state index contributed by atoms with van der Waals surface area (Å²) in [5.74, 6) is -0.709. The quantitative estimate of drug-likeness (QED) is 0.752. The Bertz CT molecular complexity index is 1090. The fraction of sp³-hybridized carbons (Fsp3) is 0.273. The number of nitrogens with one attached hydrogen (secondary N) is 1. The molecule has 0 aliphatic carbocycles. The van der Waals surface area contributed by atoms with Gasteiger partial charge in [0.15, 0.2) is 0 Å². The summed E-state index contributed by atoms with van der Waals surface area (Å²) < 4.78 is 15.7. The first-order valence-corrected chi connectivity index (χ1v) is 9.38. The largest absolute Gasteiger partial charge is 0.347 e. The van der Waals surface area contributed by atoms with Gasteiger partial charge in [0, 0.05) is 31.9 Å². The van der Waals surface area contributed by atoms with Gasteiger partial charge in [-0.3, -0.25) is 9.59 Å². The summed E-state index contributed by atoms with van der Waals surface area (Å²) >= 11 is 0. The molecule has 2 aromatic carbocycles. The van der Waals surface area contributed by atoms with E-state index in [-0.39, 0.29) is 11.8 Å². The summed E-state index contributed by atoms with van der Waals surface area (Å²) in [5.41, 5.74) is 3.72. The maximum Gasteiger partial charge on any atom is 0.270 e. The molecule has 0 saturated carbocycles. The number of hydrogen-bond acceptors (Lipinski definition) is 2. The standard InChI is InChI=1S/C22H22FN3O2/c1-14-6-3-4-7-15(14)13-24-22(28)21-20(26-11-5-8-19(26)27)17-12-16(23)9-10-18(17)25(21)2/h3-4,6-7,9-10,12H,5,8,11,13H2,1-2H3,(H,24,28). The SMILES string of the molecule is Cc1ccccc1CNC(=O)c1c(N2CCCC2=O)c2cc(F)ccc2n1C. The molecule has 2 heterocycles. The average Bonchev–Trinajstić information content (AvgIpc) is 3.21. The van der Waals surface area contributed by atoms with Crippen molar-refractivity contribution in [3.63, 3.8) is 0 Å². The normalized spacial score (nSPS) is 14.1. The minimum absolute atomic E-state index is 0.0373. The summed E-state index contributed by atoms with van der Waals surface area (Å²) in [5, 5.41) is 3.54. The number of hydrogen-bond donors (Lipinski definition) is 1. The third kappa shape index (κ3) is 3.05. The van der Waals surface area contributed by atoms with E-state index in [1.54, 1.807) is 22.6 Å². The highest BCUT2D eigenvalue weighted by Crippen LogP contribution is 2.36. The Morgan fingerprint density at radius 1 is 1.21 bits per heavy atom. The molecule has 2 amide bonds. The molecule has 144 valence electrons. The minimum Gasteiger partial charge on any atom is -0.347 e. The van der Waals surface area contributed by atoms with E-state index in [0.29, 0.717) is 36.3 Å². The molecule has 1 saturated heterocycles. The predicted molar refractivity (Wildman–Crippen MR) is 107 cm³/mol. The highest BCUT2D eigenvalue weighted by molar-refractivity contribution is 6.14. The average molecular weight is 379 g/mol. The fourth-order valence-corrected chi connectivity index (χ4v) is 3.88. The monoisotopic (exact) mass is 379 g/mol. The smallest absolute Gasteiger partial charge is 0.270 e. The summed E-state index contributed by atoms with van der Waals surface area (Å²) in [7, 11) is 1.77. The Morgan fingerprint density at radius 2 is 2.00 bits per heavy atom. The van der Waals surface area contributed by atoms with Crippen LogP contribution < -0.4 is 10.2 Å². The molecular weight excluding hydrogens is 357 g/mol. The molecule has 0 radical (unpaired) electrons. The number of rotatable bonds is 4. The van der Waals surface area contributed by atoms with Gasteiger partial charge in [-0.15, -0.1) is 0 Å². The maximum atomic E-state index is 13.9. The number of nitrogens with zero attached hydrogens (tertiary/aromatic N) is 2. The number of fused-ring (bicyclic) bond motifs is 1. The molecule has 0 unspecified atom stereocenters. The zero-order valence-electron chi connectivity index (χ0n) is 16.0. The third-order valence-electron chi connectivity index (χ3n) is 5.39. The fourth-order valence-electron chi connectivity index (χ4n) is 3.88. The van der Waals surface area contributed by atoms with Crippen LogP contribution in [0.4, 0.5) is 10.1 Å². The van der Waals surface area contributed by atoms with Crippen LogP contribution in [-0.2, 0) is 18.4 Å². The van der Waals surface area contributed by atoms with Crippen molar-refractivity contribution < 1.29 is 14.0 Å². The lowest BCUT2D eigenvalue weighted by atomic mass is 10.1. The molecule has 1 aliphatic rings. The van der Waals surface area contributed by atoms with Crippen molar-refractivity contribution in [3.05, 3.63) is 65.1 Å². The third-order valence-corrected chi connectivity index (χ3v) is 5.39. The molecule has 0 bridgehead atoms. The highest BCUT2D eigenvalue weighted by atomic mass is 19.1. The number of halogens is 1. The molecule has 5 nitrogen and oxygen atoms in total. The highest BCUT2D eigenvalue weighted by Gasteiger charge is 2.31. The second-order valence-corrected chi connectivity index (χ2v) is 7.18. The summed E-state index contributed by atoms with van der Waals surface area (Å²) in [6.07, 6.45) is 1.17. The molecule has 1 aromatic heterocycles. The van der Waals surface area contributed by atoms with Gasteiger partial charge in [0.1, 0.15) is 11.5 Å².